The van der Waals surface area contributed by atoms with Gasteiger partial charge in [0, 0.05) is 12.1 Å². The van der Waals surface area contributed by atoms with E-state index in [0.717, 1.165) is 17.9 Å². The largest absolute Gasteiger partial charge is 0.376 e. The van der Waals surface area contributed by atoms with Gasteiger partial charge >= 0.3 is 0 Å². The van der Waals surface area contributed by atoms with Crippen LogP contribution in [0.15, 0.2) is 11.1 Å². The van der Waals surface area contributed by atoms with Crippen molar-refractivity contribution in [3.05, 3.63) is 11.1 Å². The molecule has 8 heavy (non-hydrogen) atoms. The predicted molar refractivity (Wildman–Crippen MR) is 34.0 cm³/mol. The van der Waals surface area contributed by atoms with Gasteiger partial charge in [0.2, 0.25) is 0 Å². The highest BCUT2D eigenvalue weighted by Gasteiger charge is 2.15. The lowest BCUT2D eigenvalue weighted by Crippen LogP contribution is -2.04. The molecule has 0 bridgehead atoms. The second kappa shape index (κ2) is 2.51. The molecule has 1 nitrogen and oxygen atoms in total. The number of halogens is 1. The molecule has 46 valence electrons. The van der Waals surface area contributed by atoms with Gasteiger partial charge < -0.3 is 4.74 Å². The molecule has 0 heterocycles. The van der Waals surface area contributed by atoms with Gasteiger partial charge in [-0.1, -0.05) is 17.7 Å². The van der Waals surface area contributed by atoms with E-state index in [1.54, 1.807) is 7.11 Å². The van der Waals surface area contributed by atoms with Gasteiger partial charge in [0.25, 0.3) is 0 Å². The third-order valence-corrected chi connectivity index (χ3v) is 1.76. The Balaban J connectivity index is 2.46. The van der Waals surface area contributed by atoms with Gasteiger partial charge in [-0.15, -0.1) is 0 Å². The Kier molecular flexibility index (Phi) is 1.92. The first-order chi connectivity index (χ1) is 3.84. The van der Waals surface area contributed by atoms with Crippen molar-refractivity contribution < 1.29 is 4.74 Å². The standard InChI is InChI=1S/C6H9ClO/c1-8-6-4-2-3-5(6)7/h3,6H,2,4H2,1H3. The van der Waals surface area contributed by atoms with Gasteiger partial charge in [0.1, 0.15) is 0 Å². The Morgan fingerprint density at radius 2 is 2.62 bits per heavy atom. The van der Waals surface area contributed by atoms with Crippen LogP contribution in [0.4, 0.5) is 0 Å². The molecule has 0 aromatic carbocycles. The van der Waals surface area contributed by atoms with E-state index in [-0.39, 0.29) is 6.10 Å². The average molecular weight is 133 g/mol. The lowest BCUT2D eigenvalue weighted by Gasteiger charge is -2.05. The van der Waals surface area contributed by atoms with E-state index in [4.69, 9.17) is 16.3 Å². The Bertz CT molecular complexity index is 109. The number of hydrogen-bond acceptors (Lipinski definition) is 1. The van der Waals surface area contributed by atoms with Crippen LogP contribution in [0.5, 0.6) is 0 Å². The Hall–Kier alpha value is -0.0100. The molecule has 0 N–H and O–H groups in total. The van der Waals surface area contributed by atoms with E-state index in [9.17, 15) is 0 Å². The molecule has 0 radical (unpaired) electrons. The van der Waals surface area contributed by atoms with Gasteiger partial charge in [-0.2, -0.15) is 0 Å². The summed E-state index contributed by atoms with van der Waals surface area (Å²) in [5.74, 6) is 0. The molecule has 0 aliphatic heterocycles. The van der Waals surface area contributed by atoms with Crippen molar-refractivity contribution in [1.29, 1.82) is 0 Å². The molecule has 1 unspecified atom stereocenters. The molecule has 0 spiro atoms. The molecular weight excluding hydrogens is 124 g/mol. The molecule has 0 aromatic rings. The van der Waals surface area contributed by atoms with Crippen molar-refractivity contribution in [1.82, 2.24) is 0 Å². The first kappa shape index (κ1) is 6.12. The van der Waals surface area contributed by atoms with Crippen LogP contribution in [0.25, 0.3) is 0 Å². The normalized spacial score (nSPS) is 28.2. The van der Waals surface area contributed by atoms with Crippen LogP contribution < -0.4 is 0 Å². The first-order valence-electron chi connectivity index (χ1n) is 2.73. The molecule has 0 aromatic heterocycles. The molecule has 0 amide bonds. The quantitative estimate of drug-likeness (QED) is 0.530. The minimum atomic E-state index is 0.191. The van der Waals surface area contributed by atoms with E-state index in [0.29, 0.717) is 0 Å². The fourth-order valence-corrected chi connectivity index (χ4v) is 1.18. The van der Waals surface area contributed by atoms with Crippen LogP contribution in [-0.2, 0) is 4.74 Å². The zero-order valence-electron chi connectivity index (χ0n) is 4.86. The summed E-state index contributed by atoms with van der Waals surface area (Å²) in [4.78, 5) is 0. The maximum absolute atomic E-state index is 5.71. The molecule has 1 atom stereocenters. The highest BCUT2D eigenvalue weighted by molar-refractivity contribution is 6.30. The molecule has 1 aliphatic rings. The summed E-state index contributed by atoms with van der Waals surface area (Å²) in [6, 6.07) is 0. The fraction of sp³-hybridized carbons (Fsp3) is 0.667. The average Bonchev–Trinajstić information content (AvgIpc) is 2.14. The summed E-state index contributed by atoms with van der Waals surface area (Å²) in [5, 5.41) is 0.868. The smallest absolute Gasteiger partial charge is 0.0926 e. The Labute approximate surface area is 54.3 Å². The van der Waals surface area contributed by atoms with Crippen molar-refractivity contribution in [3.8, 4) is 0 Å². The monoisotopic (exact) mass is 132 g/mol. The van der Waals surface area contributed by atoms with Crippen molar-refractivity contribution in [2.45, 2.75) is 18.9 Å². The molecule has 2 heteroatoms. The predicted octanol–water partition coefficient (Wildman–Crippen LogP) is 1.92. The molecule has 1 aliphatic carbocycles. The third-order valence-electron chi connectivity index (χ3n) is 1.36. The number of hydrogen-bond donors (Lipinski definition) is 0. The number of ether oxygens (including phenoxy) is 1. The maximum Gasteiger partial charge on any atom is 0.0926 e. The highest BCUT2D eigenvalue weighted by atomic mass is 35.5. The summed E-state index contributed by atoms with van der Waals surface area (Å²) >= 11 is 5.71. The van der Waals surface area contributed by atoms with Gasteiger partial charge in [0.05, 0.1) is 6.10 Å². The lowest BCUT2D eigenvalue weighted by atomic mass is 10.3. The van der Waals surface area contributed by atoms with Crippen LogP contribution in [0, 0.1) is 0 Å². The summed E-state index contributed by atoms with van der Waals surface area (Å²) in [6.45, 7) is 0. The number of methoxy groups -OCH3 is 1. The van der Waals surface area contributed by atoms with Gasteiger partial charge in [-0.3, -0.25) is 0 Å². The van der Waals surface area contributed by atoms with Crippen LogP contribution >= 0.6 is 11.6 Å². The van der Waals surface area contributed by atoms with E-state index in [1.165, 1.54) is 0 Å². The zero-order chi connectivity index (χ0) is 5.98. The van der Waals surface area contributed by atoms with E-state index >= 15 is 0 Å². The molecule has 1 rings (SSSR count). The molecule has 0 saturated heterocycles. The third kappa shape index (κ3) is 1.04. The zero-order valence-corrected chi connectivity index (χ0v) is 5.61. The van der Waals surface area contributed by atoms with Gasteiger partial charge in [-0.05, 0) is 12.8 Å². The minimum absolute atomic E-state index is 0.191. The van der Waals surface area contributed by atoms with Crippen molar-refractivity contribution in [3.63, 3.8) is 0 Å². The molecule has 0 saturated carbocycles. The maximum atomic E-state index is 5.71. The van der Waals surface area contributed by atoms with Gasteiger partial charge in [-0.25, -0.2) is 0 Å². The summed E-state index contributed by atoms with van der Waals surface area (Å²) in [6.07, 6.45) is 4.32. The van der Waals surface area contributed by atoms with Crippen molar-refractivity contribution in [2.75, 3.05) is 7.11 Å². The number of rotatable bonds is 1. The summed E-state index contributed by atoms with van der Waals surface area (Å²) < 4.78 is 5.02. The summed E-state index contributed by atoms with van der Waals surface area (Å²) in [7, 11) is 1.69. The van der Waals surface area contributed by atoms with E-state index in [2.05, 4.69) is 0 Å². The van der Waals surface area contributed by atoms with Crippen LogP contribution in [0.3, 0.4) is 0 Å². The minimum Gasteiger partial charge on any atom is -0.376 e. The van der Waals surface area contributed by atoms with Crippen LogP contribution in [0.1, 0.15) is 12.8 Å². The van der Waals surface area contributed by atoms with Crippen molar-refractivity contribution in [2.24, 2.45) is 0 Å². The van der Waals surface area contributed by atoms with Crippen LogP contribution in [0.2, 0.25) is 0 Å². The highest BCUT2D eigenvalue weighted by Crippen LogP contribution is 2.23. The topological polar surface area (TPSA) is 9.23 Å². The van der Waals surface area contributed by atoms with Gasteiger partial charge in [0.15, 0.2) is 0 Å². The molecule has 0 fully saturated rings. The second-order valence-corrected chi connectivity index (χ2v) is 2.33. The first-order valence-corrected chi connectivity index (χ1v) is 3.10. The van der Waals surface area contributed by atoms with Crippen LogP contribution in [-0.4, -0.2) is 13.2 Å². The lowest BCUT2D eigenvalue weighted by molar-refractivity contribution is 0.138. The SMILES string of the molecule is COC1CCC=C1Cl. The van der Waals surface area contributed by atoms with E-state index in [1.807, 2.05) is 6.08 Å². The van der Waals surface area contributed by atoms with E-state index < -0.39 is 0 Å². The Morgan fingerprint density at radius 3 is 2.88 bits per heavy atom. The van der Waals surface area contributed by atoms with Crippen molar-refractivity contribution >= 4 is 11.6 Å². The fourth-order valence-electron chi connectivity index (χ4n) is 0.872. The second-order valence-electron chi connectivity index (χ2n) is 1.89. The summed E-state index contributed by atoms with van der Waals surface area (Å²) in [5.41, 5.74) is 0. The number of allylic oxidation sites excluding steroid dienone is 1. The molecular formula is C6H9ClO. The Morgan fingerprint density at radius 1 is 1.88 bits per heavy atom.